The maximum absolute atomic E-state index is 11.0. The standard InChI is InChI=1S/C21H24O3/c1-2-16-18(13-8-14-20(16)24-21(22)23)19-12-7-6-11-17(19)15-9-4-3-5-10-15/h6-8,11-15H,2-5,9-10H2,1H3,(H,22,23). The minimum absolute atomic E-state index is 0.445. The molecule has 0 aromatic heterocycles. The second-order valence-electron chi connectivity index (χ2n) is 6.43. The summed E-state index contributed by atoms with van der Waals surface area (Å²) in [4.78, 5) is 11.0. The molecule has 1 aliphatic rings. The zero-order valence-electron chi connectivity index (χ0n) is 14.1. The molecule has 126 valence electrons. The van der Waals surface area contributed by atoms with Gasteiger partial charge in [-0.1, -0.05) is 62.6 Å². The second-order valence-corrected chi connectivity index (χ2v) is 6.43. The summed E-state index contributed by atoms with van der Waals surface area (Å²) in [7, 11) is 0. The van der Waals surface area contributed by atoms with Gasteiger partial charge in [-0.3, -0.25) is 0 Å². The first-order valence-corrected chi connectivity index (χ1v) is 8.82. The largest absolute Gasteiger partial charge is 0.511 e. The zero-order valence-corrected chi connectivity index (χ0v) is 14.1. The third-order valence-corrected chi connectivity index (χ3v) is 4.98. The minimum Gasteiger partial charge on any atom is -0.449 e. The molecule has 0 unspecified atom stereocenters. The molecule has 3 rings (SSSR count). The van der Waals surface area contributed by atoms with Crippen LogP contribution in [0.4, 0.5) is 4.79 Å². The number of hydrogen-bond acceptors (Lipinski definition) is 2. The molecule has 0 spiro atoms. The van der Waals surface area contributed by atoms with E-state index in [-0.39, 0.29) is 0 Å². The van der Waals surface area contributed by atoms with Crippen molar-refractivity contribution in [3.8, 4) is 16.9 Å². The van der Waals surface area contributed by atoms with Crippen LogP contribution in [-0.2, 0) is 6.42 Å². The second kappa shape index (κ2) is 7.52. The molecule has 2 aromatic carbocycles. The molecule has 0 aliphatic heterocycles. The molecule has 1 N–H and O–H groups in total. The first-order chi connectivity index (χ1) is 11.7. The van der Waals surface area contributed by atoms with Crippen molar-refractivity contribution in [2.24, 2.45) is 0 Å². The first-order valence-electron chi connectivity index (χ1n) is 8.82. The van der Waals surface area contributed by atoms with Crippen molar-refractivity contribution < 1.29 is 14.6 Å². The van der Waals surface area contributed by atoms with Gasteiger partial charge in [0.05, 0.1) is 0 Å². The lowest BCUT2D eigenvalue weighted by Crippen LogP contribution is -2.08. The predicted octanol–water partition coefficient (Wildman–Crippen LogP) is 6.02. The Kier molecular flexibility index (Phi) is 5.19. The van der Waals surface area contributed by atoms with Crippen LogP contribution in [0.25, 0.3) is 11.1 Å². The molecule has 1 aliphatic carbocycles. The molecule has 0 radical (unpaired) electrons. The van der Waals surface area contributed by atoms with Gasteiger partial charge < -0.3 is 9.84 Å². The van der Waals surface area contributed by atoms with E-state index in [0.29, 0.717) is 11.7 Å². The molecule has 0 heterocycles. The summed E-state index contributed by atoms with van der Waals surface area (Å²) in [5.41, 5.74) is 4.66. The van der Waals surface area contributed by atoms with Crippen LogP contribution in [0.2, 0.25) is 0 Å². The van der Waals surface area contributed by atoms with Crippen LogP contribution in [-0.4, -0.2) is 11.3 Å². The highest BCUT2D eigenvalue weighted by molar-refractivity contribution is 5.75. The third-order valence-electron chi connectivity index (χ3n) is 4.98. The molecule has 0 atom stereocenters. The summed E-state index contributed by atoms with van der Waals surface area (Å²) in [5.74, 6) is 1.05. The molecule has 0 bridgehead atoms. The molecule has 0 saturated heterocycles. The summed E-state index contributed by atoms with van der Waals surface area (Å²) in [6.07, 6.45) is 5.87. The van der Waals surface area contributed by atoms with Crippen molar-refractivity contribution in [3.05, 3.63) is 53.6 Å². The van der Waals surface area contributed by atoms with E-state index < -0.39 is 6.16 Å². The Morgan fingerprint density at radius 1 is 1.04 bits per heavy atom. The van der Waals surface area contributed by atoms with Crippen molar-refractivity contribution in [2.75, 3.05) is 0 Å². The van der Waals surface area contributed by atoms with Gasteiger partial charge in [-0.05, 0) is 47.9 Å². The van der Waals surface area contributed by atoms with E-state index >= 15 is 0 Å². The van der Waals surface area contributed by atoms with E-state index in [9.17, 15) is 4.79 Å². The van der Waals surface area contributed by atoms with Crippen LogP contribution in [0.15, 0.2) is 42.5 Å². The maximum Gasteiger partial charge on any atom is 0.511 e. The monoisotopic (exact) mass is 324 g/mol. The Morgan fingerprint density at radius 3 is 2.46 bits per heavy atom. The Balaban J connectivity index is 2.07. The fraction of sp³-hybridized carbons (Fsp3) is 0.381. The molecule has 0 amide bonds. The van der Waals surface area contributed by atoms with Crippen LogP contribution in [0, 0.1) is 0 Å². The van der Waals surface area contributed by atoms with Crippen molar-refractivity contribution in [1.82, 2.24) is 0 Å². The summed E-state index contributed by atoms with van der Waals surface area (Å²) in [6.45, 7) is 2.04. The number of carbonyl (C=O) groups is 1. The average molecular weight is 324 g/mol. The van der Waals surface area contributed by atoms with Gasteiger partial charge in [0.15, 0.2) is 0 Å². The van der Waals surface area contributed by atoms with Gasteiger partial charge in [-0.25, -0.2) is 4.79 Å². The average Bonchev–Trinajstić information content (AvgIpc) is 2.62. The van der Waals surface area contributed by atoms with E-state index in [1.807, 2.05) is 13.0 Å². The highest BCUT2D eigenvalue weighted by Gasteiger charge is 2.21. The van der Waals surface area contributed by atoms with Crippen molar-refractivity contribution in [2.45, 2.75) is 51.4 Å². The summed E-state index contributed by atoms with van der Waals surface area (Å²) in [5, 5.41) is 8.98. The van der Waals surface area contributed by atoms with E-state index in [0.717, 1.165) is 17.5 Å². The van der Waals surface area contributed by atoms with E-state index in [2.05, 4.69) is 30.3 Å². The topological polar surface area (TPSA) is 46.5 Å². The quantitative estimate of drug-likeness (QED) is 0.552. The number of rotatable bonds is 4. The van der Waals surface area contributed by atoms with Gasteiger partial charge in [0.1, 0.15) is 5.75 Å². The highest BCUT2D eigenvalue weighted by atomic mass is 16.7. The molecule has 2 aromatic rings. The van der Waals surface area contributed by atoms with Crippen molar-refractivity contribution >= 4 is 6.16 Å². The number of carboxylic acid groups (broad SMARTS) is 1. The van der Waals surface area contributed by atoms with Gasteiger partial charge in [0.2, 0.25) is 0 Å². The van der Waals surface area contributed by atoms with Gasteiger partial charge in [-0.15, -0.1) is 0 Å². The van der Waals surface area contributed by atoms with Crippen LogP contribution >= 0.6 is 0 Å². The smallest absolute Gasteiger partial charge is 0.449 e. The summed E-state index contributed by atoms with van der Waals surface area (Å²) >= 11 is 0. The van der Waals surface area contributed by atoms with Gasteiger partial charge in [0.25, 0.3) is 0 Å². The molecule has 1 fully saturated rings. The highest BCUT2D eigenvalue weighted by Crippen LogP contribution is 2.40. The summed E-state index contributed by atoms with van der Waals surface area (Å²) in [6, 6.07) is 14.3. The van der Waals surface area contributed by atoms with Crippen molar-refractivity contribution in [3.63, 3.8) is 0 Å². The van der Waals surface area contributed by atoms with E-state index in [1.54, 1.807) is 6.07 Å². The Bertz CT molecular complexity index is 715. The molecule has 24 heavy (non-hydrogen) atoms. The first kappa shape index (κ1) is 16.6. The van der Waals surface area contributed by atoms with E-state index in [4.69, 9.17) is 9.84 Å². The van der Waals surface area contributed by atoms with Crippen LogP contribution in [0.5, 0.6) is 5.75 Å². The Morgan fingerprint density at radius 2 is 1.75 bits per heavy atom. The fourth-order valence-corrected chi connectivity index (χ4v) is 3.88. The van der Waals surface area contributed by atoms with Crippen molar-refractivity contribution in [1.29, 1.82) is 0 Å². The molecular weight excluding hydrogens is 300 g/mol. The van der Waals surface area contributed by atoms with Gasteiger partial charge in [-0.2, -0.15) is 0 Å². The van der Waals surface area contributed by atoms with Gasteiger partial charge in [0, 0.05) is 5.56 Å². The fourth-order valence-electron chi connectivity index (χ4n) is 3.88. The van der Waals surface area contributed by atoms with Crippen LogP contribution in [0.1, 0.15) is 56.1 Å². The Labute approximate surface area is 143 Å². The number of benzene rings is 2. The van der Waals surface area contributed by atoms with Crippen LogP contribution in [0.3, 0.4) is 0 Å². The lowest BCUT2D eigenvalue weighted by Gasteiger charge is -2.25. The molecule has 3 heteroatoms. The molecule has 3 nitrogen and oxygen atoms in total. The summed E-state index contributed by atoms with van der Waals surface area (Å²) < 4.78 is 5.00. The lowest BCUT2D eigenvalue weighted by molar-refractivity contribution is 0.144. The number of ether oxygens (including phenoxy) is 1. The molecule has 1 saturated carbocycles. The van der Waals surface area contributed by atoms with E-state index in [1.165, 1.54) is 43.2 Å². The zero-order chi connectivity index (χ0) is 16.9. The SMILES string of the molecule is CCc1c(OC(=O)O)cccc1-c1ccccc1C1CCCCC1. The maximum atomic E-state index is 11.0. The predicted molar refractivity (Wildman–Crippen MR) is 95.7 cm³/mol. The normalized spacial score (nSPS) is 15.2. The molecular formula is C21H24O3. The van der Waals surface area contributed by atoms with Crippen LogP contribution < -0.4 is 4.74 Å². The number of hydrogen-bond donors (Lipinski definition) is 1. The minimum atomic E-state index is -1.26. The Hall–Kier alpha value is -2.29. The third kappa shape index (κ3) is 3.45. The lowest BCUT2D eigenvalue weighted by atomic mass is 9.80. The van der Waals surface area contributed by atoms with Gasteiger partial charge >= 0.3 is 6.16 Å².